The van der Waals surface area contributed by atoms with E-state index in [4.69, 9.17) is 22.1 Å². The fourth-order valence-electron chi connectivity index (χ4n) is 2.00. The van der Waals surface area contributed by atoms with Crippen LogP contribution >= 0.6 is 27.5 Å². The summed E-state index contributed by atoms with van der Waals surface area (Å²) >= 11 is 9.77. The van der Waals surface area contributed by atoms with Crippen molar-refractivity contribution in [3.63, 3.8) is 0 Å². The zero-order valence-corrected chi connectivity index (χ0v) is 13.8. The molecule has 2 rings (SSSR count). The highest BCUT2D eigenvalue weighted by molar-refractivity contribution is 9.10. The summed E-state index contributed by atoms with van der Waals surface area (Å²) in [5.41, 5.74) is 8.19. The lowest BCUT2D eigenvalue weighted by atomic mass is 10.0. The minimum absolute atomic E-state index is 0.161. The first-order chi connectivity index (χ1) is 9.49. The summed E-state index contributed by atoms with van der Waals surface area (Å²) in [4.78, 5) is 0. The number of ether oxygens (including phenoxy) is 1. The molecule has 0 aliphatic rings. The highest BCUT2D eigenvalue weighted by Gasteiger charge is 2.21. The van der Waals surface area contributed by atoms with E-state index in [0.717, 1.165) is 15.6 Å². The molecule has 2 N–H and O–H groups in total. The monoisotopic (exact) mass is 353 g/mol. The van der Waals surface area contributed by atoms with E-state index >= 15 is 0 Å². The lowest BCUT2D eigenvalue weighted by Gasteiger charge is -2.24. The zero-order valence-electron chi connectivity index (χ0n) is 11.4. The second-order valence-electron chi connectivity index (χ2n) is 4.85. The van der Waals surface area contributed by atoms with Gasteiger partial charge in [0.1, 0.15) is 11.9 Å². The van der Waals surface area contributed by atoms with Crippen molar-refractivity contribution in [2.45, 2.75) is 26.0 Å². The summed E-state index contributed by atoms with van der Waals surface area (Å²) in [6, 6.07) is 13.5. The predicted octanol–water partition coefficient (Wildman–Crippen LogP) is 4.88. The first-order valence-corrected chi connectivity index (χ1v) is 7.59. The molecule has 0 bridgehead atoms. The van der Waals surface area contributed by atoms with Gasteiger partial charge >= 0.3 is 0 Å². The van der Waals surface area contributed by atoms with Gasteiger partial charge in [-0.3, -0.25) is 0 Å². The third-order valence-corrected chi connectivity index (χ3v) is 4.05. The molecule has 2 aromatic carbocycles. The van der Waals surface area contributed by atoms with Crippen molar-refractivity contribution in [3.8, 4) is 5.75 Å². The minimum atomic E-state index is -0.259. The molecule has 0 aromatic heterocycles. The second kappa shape index (κ2) is 6.61. The maximum atomic E-state index is 6.23. The molecule has 0 amide bonds. The molecule has 4 heteroatoms. The van der Waals surface area contributed by atoms with Crippen LogP contribution < -0.4 is 10.5 Å². The van der Waals surface area contributed by atoms with Gasteiger partial charge < -0.3 is 10.5 Å². The second-order valence-corrected chi connectivity index (χ2v) is 6.11. The van der Waals surface area contributed by atoms with E-state index in [0.29, 0.717) is 10.8 Å². The van der Waals surface area contributed by atoms with Crippen LogP contribution in [0.3, 0.4) is 0 Å². The Labute approximate surface area is 133 Å². The smallest absolute Gasteiger partial charge is 0.140 e. The Kier molecular flexibility index (Phi) is 5.08. The fourth-order valence-corrected chi connectivity index (χ4v) is 2.79. The first-order valence-electron chi connectivity index (χ1n) is 6.42. The molecular formula is C16H17BrClNO. The molecule has 2 unspecified atom stereocenters. The molecular weight excluding hydrogens is 338 g/mol. The van der Waals surface area contributed by atoms with Gasteiger partial charge in [-0.15, -0.1) is 0 Å². The Morgan fingerprint density at radius 1 is 1.20 bits per heavy atom. The van der Waals surface area contributed by atoms with Crippen LogP contribution in [0.5, 0.6) is 5.75 Å². The average molecular weight is 355 g/mol. The molecule has 0 aliphatic heterocycles. The Hall–Kier alpha value is -1.03. The Morgan fingerprint density at radius 3 is 2.50 bits per heavy atom. The number of halogens is 2. The standard InChI is InChI=1S/C16H17BrClNO/c1-10-7-8-15(14(18)9-10)20-16(11(2)19)12-5-3-4-6-13(12)17/h3-9,11,16H,19H2,1-2H3. The van der Waals surface area contributed by atoms with Crippen molar-refractivity contribution < 1.29 is 4.74 Å². The third-order valence-electron chi connectivity index (χ3n) is 3.03. The lowest BCUT2D eigenvalue weighted by Crippen LogP contribution is -2.29. The van der Waals surface area contributed by atoms with E-state index in [1.54, 1.807) is 0 Å². The van der Waals surface area contributed by atoms with Crippen LogP contribution in [0.25, 0.3) is 0 Å². The molecule has 2 aromatic rings. The van der Waals surface area contributed by atoms with Gasteiger partial charge in [0.15, 0.2) is 0 Å². The molecule has 0 saturated heterocycles. The van der Waals surface area contributed by atoms with Gasteiger partial charge in [0.05, 0.1) is 5.02 Å². The fraction of sp³-hybridized carbons (Fsp3) is 0.250. The van der Waals surface area contributed by atoms with Crippen LogP contribution in [-0.2, 0) is 0 Å². The number of hydrogen-bond acceptors (Lipinski definition) is 2. The maximum Gasteiger partial charge on any atom is 0.140 e. The van der Waals surface area contributed by atoms with Crippen LogP contribution in [-0.4, -0.2) is 6.04 Å². The Morgan fingerprint density at radius 2 is 1.90 bits per heavy atom. The van der Waals surface area contributed by atoms with Crippen molar-refractivity contribution in [2.75, 3.05) is 0 Å². The van der Waals surface area contributed by atoms with E-state index in [1.807, 2.05) is 56.3 Å². The first kappa shape index (κ1) is 15.4. The predicted molar refractivity (Wildman–Crippen MR) is 87.3 cm³/mol. The highest BCUT2D eigenvalue weighted by atomic mass is 79.9. The van der Waals surface area contributed by atoms with E-state index in [9.17, 15) is 0 Å². The van der Waals surface area contributed by atoms with E-state index in [2.05, 4.69) is 15.9 Å². The van der Waals surface area contributed by atoms with Crippen molar-refractivity contribution in [2.24, 2.45) is 5.73 Å². The van der Waals surface area contributed by atoms with Gasteiger partial charge in [-0.1, -0.05) is 51.8 Å². The van der Waals surface area contributed by atoms with Crippen molar-refractivity contribution >= 4 is 27.5 Å². The highest BCUT2D eigenvalue weighted by Crippen LogP contribution is 2.33. The third kappa shape index (κ3) is 3.54. The van der Waals surface area contributed by atoms with Gasteiger partial charge in [0.25, 0.3) is 0 Å². The normalized spacial score (nSPS) is 13.8. The SMILES string of the molecule is Cc1ccc(OC(c2ccccc2Br)C(C)N)c(Cl)c1. The van der Waals surface area contributed by atoms with Crippen LogP contribution in [0.4, 0.5) is 0 Å². The molecule has 2 nitrogen and oxygen atoms in total. The van der Waals surface area contributed by atoms with Gasteiger partial charge in [-0.25, -0.2) is 0 Å². The van der Waals surface area contributed by atoms with Gasteiger partial charge in [-0.2, -0.15) is 0 Å². The van der Waals surface area contributed by atoms with Crippen molar-refractivity contribution in [1.29, 1.82) is 0 Å². The summed E-state index contributed by atoms with van der Waals surface area (Å²) in [6.45, 7) is 3.92. The lowest BCUT2D eigenvalue weighted by molar-refractivity contribution is 0.180. The molecule has 0 fully saturated rings. The van der Waals surface area contributed by atoms with E-state index in [-0.39, 0.29) is 12.1 Å². The van der Waals surface area contributed by atoms with Crippen molar-refractivity contribution in [1.82, 2.24) is 0 Å². The number of hydrogen-bond donors (Lipinski definition) is 1. The number of benzene rings is 2. The molecule has 106 valence electrons. The summed E-state index contributed by atoms with van der Waals surface area (Å²) in [7, 11) is 0. The molecule has 0 aliphatic carbocycles. The minimum Gasteiger partial charge on any atom is -0.483 e. The number of rotatable bonds is 4. The zero-order chi connectivity index (χ0) is 14.7. The number of nitrogens with two attached hydrogens (primary N) is 1. The van der Waals surface area contributed by atoms with Crippen molar-refractivity contribution in [3.05, 3.63) is 63.1 Å². The molecule has 20 heavy (non-hydrogen) atoms. The quantitative estimate of drug-likeness (QED) is 0.849. The molecule has 0 heterocycles. The van der Waals surface area contributed by atoms with Gasteiger partial charge in [0.2, 0.25) is 0 Å². The maximum absolute atomic E-state index is 6.23. The van der Waals surface area contributed by atoms with Crippen LogP contribution in [0.1, 0.15) is 24.2 Å². The molecule has 0 radical (unpaired) electrons. The molecule has 0 spiro atoms. The van der Waals surface area contributed by atoms with Crippen LogP contribution in [0, 0.1) is 6.92 Å². The number of aryl methyl sites for hydroxylation is 1. The summed E-state index contributed by atoms with van der Waals surface area (Å²) < 4.78 is 7.02. The molecule has 2 atom stereocenters. The summed E-state index contributed by atoms with van der Waals surface area (Å²) in [6.07, 6.45) is -0.259. The summed E-state index contributed by atoms with van der Waals surface area (Å²) in [5.74, 6) is 0.648. The van der Waals surface area contributed by atoms with Gasteiger partial charge in [-0.05, 0) is 37.6 Å². The van der Waals surface area contributed by atoms with Gasteiger partial charge in [0, 0.05) is 16.1 Å². The van der Waals surface area contributed by atoms with Crippen LogP contribution in [0.15, 0.2) is 46.9 Å². The largest absolute Gasteiger partial charge is 0.483 e. The van der Waals surface area contributed by atoms with E-state index < -0.39 is 0 Å². The van der Waals surface area contributed by atoms with E-state index in [1.165, 1.54) is 0 Å². The average Bonchev–Trinajstić information content (AvgIpc) is 2.39. The topological polar surface area (TPSA) is 35.2 Å². The van der Waals surface area contributed by atoms with Crippen LogP contribution in [0.2, 0.25) is 5.02 Å². The Balaban J connectivity index is 2.33. The Bertz CT molecular complexity index is 601. The molecule has 0 saturated carbocycles. The summed E-state index contributed by atoms with van der Waals surface area (Å²) in [5, 5.41) is 0.600.